The van der Waals surface area contributed by atoms with E-state index in [2.05, 4.69) is 27.9 Å². The van der Waals surface area contributed by atoms with Gasteiger partial charge >= 0.3 is 0 Å². The molecule has 0 saturated heterocycles. The first-order chi connectivity index (χ1) is 13.6. The Morgan fingerprint density at radius 2 is 1.64 bits per heavy atom. The standard InChI is InChI=1S/C22H27N5O/c1-16-4-2-8-25-21(16)13-27(14-22-20(24)5-3-9-26-22)12-18-7-6-17(11-23)10-19(18)15-28/h2-10,28H,11-15,23-24H2,1H3. The van der Waals surface area contributed by atoms with Crippen molar-refractivity contribution in [2.24, 2.45) is 5.73 Å². The summed E-state index contributed by atoms with van der Waals surface area (Å²) in [6, 6.07) is 13.7. The highest BCUT2D eigenvalue weighted by Gasteiger charge is 2.15. The molecule has 0 radical (unpaired) electrons. The second-order valence-electron chi connectivity index (χ2n) is 6.92. The fourth-order valence-electron chi connectivity index (χ4n) is 3.21. The summed E-state index contributed by atoms with van der Waals surface area (Å²) in [6.45, 7) is 4.38. The molecule has 1 aromatic carbocycles. The van der Waals surface area contributed by atoms with Gasteiger partial charge in [-0.1, -0.05) is 24.3 Å². The number of rotatable bonds is 8. The van der Waals surface area contributed by atoms with Crippen LogP contribution in [-0.4, -0.2) is 20.0 Å². The van der Waals surface area contributed by atoms with Gasteiger partial charge in [0, 0.05) is 38.6 Å². The second kappa shape index (κ2) is 9.41. The van der Waals surface area contributed by atoms with Crippen LogP contribution in [0.5, 0.6) is 0 Å². The zero-order chi connectivity index (χ0) is 19.9. The van der Waals surface area contributed by atoms with Gasteiger partial charge in [-0.25, -0.2) is 0 Å². The van der Waals surface area contributed by atoms with Gasteiger partial charge in [-0.05, 0) is 47.4 Å². The first kappa shape index (κ1) is 19.9. The smallest absolute Gasteiger partial charge is 0.0772 e. The van der Waals surface area contributed by atoms with Crippen molar-refractivity contribution in [2.75, 3.05) is 5.73 Å². The third kappa shape index (κ3) is 4.92. The van der Waals surface area contributed by atoms with Crippen LogP contribution in [0.1, 0.15) is 33.6 Å². The molecule has 0 aliphatic rings. The molecule has 0 aliphatic carbocycles. The Kier molecular flexibility index (Phi) is 6.71. The van der Waals surface area contributed by atoms with E-state index < -0.39 is 0 Å². The number of aliphatic hydroxyl groups excluding tert-OH is 1. The molecular formula is C22H27N5O. The molecule has 0 aliphatic heterocycles. The molecule has 3 aromatic rings. The van der Waals surface area contributed by atoms with Crippen LogP contribution in [0.25, 0.3) is 0 Å². The van der Waals surface area contributed by atoms with Gasteiger partial charge in [0.25, 0.3) is 0 Å². The number of nitrogens with two attached hydrogens (primary N) is 2. The van der Waals surface area contributed by atoms with Gasteiger partial charge in [0.1, 0.15) is 0 Å². The fraction of sp³-hybridized carbons (Fsp3) is 0.273. The fourth-order valence-corrected chi connectivity index (χ4v) is 3.21. The maximum Gasteiger partial charge on any atom is 0.0772 e. The van der Waals surface area contributed by atoms with E-state index in [-0.39, 0.29) is 6.61 Å². The number of pyridine rings is 2. The zero-order valence-electron chi connectivity index (χ0n) is 16.2. The van der Waals surface area contributed by atoms with Crippen molar-refractivity contribution in [3.8, 4) is 0 Å². The molecule has 0 atom stereocenters. The molecule has 2 aromatic heterocycles. The van der Waals surface area contributed by atoms with Crippen LogP contribution in [0, 0.1) is 6.92 Å². The van der Waals surface area contributed by atoms with Crippen molar-refractivity contribution in [1.82, 2.24) is 14.9 Å². The Balaban J connectivity index is 1.90. The van der Waals surface area contributed by atoms with E-state index in [1.54, 1.807) is 6.20 Å². The van der Waals surface area contributed by atoms with Gasteiger partial charge in [-0.15, -0.1) is 0 Å². The van der Waals surface area contributed by atoms with Crippen LogP contribution in [0.15, 0.2) is 54.9 Å². The van der Waals surface area contributed by atoms with Crippen molar-refractivity contribution >= 4 is 5.69 Å². The number of anilines is 1. The number of hydrogen-bond donors (Lipinski definition) is 3. The predicted molar refractivity (Wildman–Crippen MR) is 111 cm³/mol. The number of aryl methyl sites for hydroxylation is 1. The van der Waals surface area contributed by atoms with Gasteiger partial charge in [0.2, 0.25) is 0 Å². The summed E-state index contributed by atoms with van der Waals surface area (Å²) in [6.07, 6.45) is 3.57. The lowest BCUT2D eigenvalue weighted by atomic mass is 10.0. The van der Waals surface area contributed by atoms with Gasteiger partial charge in [-0.3, -0.25) is 14.9 Å². The normalized spacial score (nSPS) is 11.1. The Labute approximate surface area is 165 Å². The van der Waals surface area contributed by atoms with Crippen molar-refractivity contribution in [1.29, 1.82) is 0 Å². The Hall–Kier alpha value is -2.80. The molecule has 0 fully saturated rings. The highest BCUT2D eigenvalue weighted by Crippen LogP contribution is 2.20. The van der Waals surface area contributed by atoms with Crippen molar-refractivity contribution in [2.45, 2.75) is 39.7 Å². The molecule has 5 N–H and O–H groups in total. The summed E-state index contributed by atoms with van der Waals surface area (Å²) < 4.78 is 0. The lowest BCUT2D eigenvalue weighted by Gasteiger charge is -2.24. The third-order valence-corrected chi connectivity index (χ3v) is 4.86. The number of nitrogen functional groups attached to an aromatic ring is 1. The first-order valence-corrected chi connectivity index (χ1v) is 9.34. The second-order valence-corrected chi connectivity index (χ2v) is 6.92. The Bertz CT molecular complexity index is 881. The monoisotopic (exact) mass is 377 g/mol. The lowest BCUT2D eigenvalue weighted by molar-refractivity contribution is 0.235. The zero-order valence-corrected chi connectivity index (χ0v) is 16.2. The lowest BCUT2D eigenvalue weighted by Crippen LogP contribution is -2.25. The number of nitrogens with zero attached hydrogens (tertiary/aromatic N) is 3. The summed E-state index contributed by atoms with van der Waals surface area (Å²) in [4.78, 5) is 11.2. The molecule has 6 heteroatoms. The van der Waals surface area contributed by atoms with Crippen LogP contribution in [-0.2, 0) is 32.8 Å². The maximum absolute atomic E-state index is 9.81. The molecule has 6 nitrogen and oxygen atoms in total. The van der Waals surface area contributed by atoms with Gasteiger partial charge in [0.05, 0.1) is 23.7 Å². The van der Waals surface area contributed by atoms with Crippen molar-refractivity contribution in [3.05, 3.63) is 88.5 Å². The van der Waals surface area contributed by atoms with E-state index >= 15 is 0 Å². The van der Waals surface area contributed by atoms with E-state index in [1.165, 1.54) is 0 Å². The molecule has 146 valence electrons. The van der Waals surface area contributed by atoms with E-state index in [0.29, 0.717) is 31.9 Å². The van der Waals surface area contributed by atoms with Gasteiger partial charge in [0.15, 0.2) is 0 Å². The summed E-state index contributed by atoms with van der Waals surface area (Å²) in [5, 5.41) is 9.81. The molecule has 0 amide bonds. The Morgan fingerprint density at radius 1 is 0.929 bits per heavy atom. The minimum absolute atomic E-state index is 0.0225. The summed E-state index contributed by atoms with van der Waals surface area (Å²) in [5.74, 6) is 0. The number of aromatic nitrogens is 2. The van der Waals surface area contributed by atoms with Crippen LogP contribution >= 0.6 is 0 Å². The highest BCUT2D eigenvalue weighted by molar-refractivity contribution is 5.42. The SMILES string of the molecule is Cc1cccnc1CN(Cc1ccc(CN)cc1CO)Cc1ncccc1N. The van der Waals surface area contributed by atoms with Crippen molar-refractivity contribution in [3.63, 3.8) is 0 Å². The molecule has 2 heterocycles. The third-order valence-electron chi connectivity index (χ3n) is 4.86. The van der Waals surface area contributed by atoms with Crippen molar-refractivity contribution < 1.29 is 5.11 Å². The quantitative estimate of drug-likeness (QED) is 0.558. The topological polar surface area (TPSA) is 101 Å². The summed E-state index contributed by atoms with van der Waals surface area (Å²) in [5.41, 5.74) is 18.5. The largest absolute Gasteiger partial charge is 0.397 e. The first-order valence-electron chi connectivity index (χ1n) is 9.34. The highest BCUT2D eigenvalue weighted by atomic mass is 16.3. The summed E-state index contributed by atoms with van der Waals surface area (Å²) in [7, 11) is 0. The average Bonchev–Trinajstić information content (AvgIpc) is 2.71. The minimum Gasteiger partial charge on any atom is -0.397 e. The van der Waals surface area contributed by atoms with Crippen LogP contribution < -0.4 is 11.5 Å². The summed E-state index contributed by atoms with van der Waals surface area (Å²) >= 11 is 0. The van der Waals surface area contributed by atoms with E-state index in [4.69, 9.17) is 11.5 Å². The van der Waals surface area contributed by atoms with Crippen LogP contribution in [0.4, 0.5) is 5.69 Å². The van der Waals surface area contributed by atoms with E-state index in [0.717, 1.165) is 33.6 Å². The molecule has 0 spiro atoms. The number of benzene rings is 1. The van der Waals surface area contributed by atoms with Gasteiger partial charge in [-0.2, -0.15) is 0 Å². The molecule has 0 unspecified atom stereocenters. The molecule has 28 heavy (non-hydrogen) atoms. The Morgan fingerprint density at radius 3 is 2.32 bits per heavy atom. The molecule has 0 bridgehead atoms. The van der Waals surface area contributed by atoms with Gasteiger partial charge < -0.3 is 16.6 Å². The molecular weight excluding hydrogens is 350 g/mol. The average molecular weight is 377 g/mol. The van der Waals surface area contributed by atoms with Crippen LogP contribution in [0.3, 0.4) is 0 Å². The number of hydrogen-bond acceptors (Lipinski definition) is 6. The number of aliphatic hydroxyl groups is 1. The molecule has 0 saturated carbocycles. The maximum atomic E-state index is 9.81. The van der Waals surface area contributed by atoms with E-state index in [1.807, 2.05) is 42.6 Å². The van der Waals surface area contributed by atoms with Crippen LogP contribution in [0.2, 0.25) is 0 Å². The predicted octanol–water partition coefficient (Wildman–Crippen LogP) is 2.52. The van der Waals surface area contributed by atoms with E-state index in [9.17, 15) is 5.11 Å². The molecule has 3 rings (SSSR count). The minimum atomic E-state index is -0.0225.